The first-order chi connectivity index (χ1) is 38.8. The molecule has 0 spiro atoms. The monoisotopic (exact) mass is 1170 g/mol. The zero-order chi connectivity index (χ0) is 58.9. The molecule has 1 aliphatic carbocycles. The summed E-state index contributed by atoms with van der Waals surface area (Å²) in [6.45, 7) is -0.0404. The Kier molecular flexibility index (Phi) is 17.5. The molecule has 0 bridgehead atoms. The van der Waals surface area contributed by atoms with Crippen LogP contribution in [0.1, 0.15) is 115 Å². The van der Waals surface area contributed by atoms with E-state index in [-0.39, 0.29) is 109 Å². The van der Waals surface area contributed by atoms with Crippen molar-refractivity contribution in [1.29, 1.82) is 0 Å². The van der Waals surface area contributed by atoms with E-state index in [1.54, 1.807) is 24.1 Å². The van der Waals surface area contributed by atoms with Crippen molar-refractivity contribution in [1.82, 2.24) is 45.2 Å². The van der Waals surface area contributed by atoms with Crippen LogP contribution in [-0.4, -0.2) is 144 Å². The zero-order valence-electron chi connectivity index (χ0n) is 45.2. The predicted molar refractivity (Wildman–Crippen MR) is 296 cm³/mol. The van der Waals surface area contributed by atoms with Crippen LogP contribution in [0, 0.1) is 11.8 Å². The first-order valence-corrected chi connectivity index (χ1v) is 30.8. The number of fused-ring (bicyclic) bond motifs is 3. The normalized spacial score (nSPS) is 22.5. The fraction of sp³-hybridized carbons (Fsp3) is 0.473. The number of carbonyl (C=O) groups excluding carboxylic acids is 8. The number of benzene rings is 3. The Bertz CT molecular complexity index is 3580. The van der Waals surface area contributed by atoms with E-state index in [4.69, 9.17) is 5.73 Å². The topological polar surface area (TPSA) is 372 Å². The smallest absolute Gasteiger partial charge is 0.376 e. The highest BCUT2D eigenvalue weighted by Crippen LogP contribution is 2.40. The number of nitrogens with one attached hydrogen (secondary N) is 5. The van der Waals surface area contributed by atoms with Crippen molar-refractivity contribution in [2.75, 3.05) is 19.3 Å². The number of aliphatic hydroxyl groups excluding tert-OH is 1. The first kappa shape index (κ1) is 59.3. The summed E-state index contributed by atoms with van der Waals surface area (Å²) in [5, 5.41) is 22.4. The molecule has 2 unspecified atom stereocenters. The van der Waals surface area contributed by atoms with Crippen LogP contribution in [0.15, 0.2) is 76.4 Å². The lowest BCUT2D eigenvalue weighted by atomic mass is 9.78. The second-order valence-electron chi connectivity index (χ2n) is 22.1. The molecule has 438 valence electrons. The molecular weight excluding hydrogens is 1100 g/mol. The summed E-state index contributed by atoms with van der Waals surface area (Å²) in [5.74, 6) is -3.59. The fourth-order valence-corrected chi connectivity index (χ4v) is 13.1. The maximum absolute atomic E-state index is 15.0. The number of aromatic amines is 1. The number of carbonyl (C=O) groups is 8. The summed E-state index contributed by atoms with van der Waals surface area (Å²) < 4.78 is 38.7. The number of imidazole rings is 1. The van der Waals surface area contributed by atoms with Crippen molar-refractivity contribution in [3.05, 3.63) is 99.6 Å². The molecule has 5 aromatic rings. The maximum Gasteiger partial charge on any atom is 0.396 e. The minimum absolute atomic E-state index is 0.0151. The Hall–Kier alpha value is -7.35. The standard InChI is InChI=1S/C55H67N10O15PS/c1-62-45-24-33(9-16-42(45)65(55(62)75)44-18-20-47(67)61-52(44)72)23-30-3-5-31(6-4-30)25-48(68)63-22-21-36-11-17-43(51(71)59-39(15-19-46(56)66)49(69)57-28-32-7-12-37(13-8-32)82(2,79)80)64(36)53(73)41(29-63)60-50(70)40-27-35-26-34(10-14-38(35)58-40)54(74)81(76,77)78/h7-10,12-14,16,24,26-27,30-31,36,39,41,43-44,49,57-58,69H,3-6,11,15,17-23,25,28-29H2,1-2H3,(H2,56,66)(H,59,71)(H,60,70)(H,61,67,72)(H2,76,77,78)/t30?,31?,36-,39+,41+,43+,44?,49?/m1/s1. The number of primary amides is 1. The molecule has 3 aromatic carbocycles. The second kappa shape index (κ2) is 24.2. The van der Waals surface area contributed by atoms with Crippen LogP contribution >= 0.6 is 7.60 Å². The van der Waals surface area contributed by atoms with Gasteiger partial charge in [0.2, 0.25) is 35.4 Å². The number of rotatable bonds is 19. The van der Waals surface area contributed by atoms with Crippen LogP contribution in [0.4, 0.5) is 0 Å². The first-order valence-electron chi connectivity index (χ1n) is 27.3. The van der Waals surface area contributed by atoms with Crippen LogP contribution in [0.25, 0.3) is 21.9 Å². The van der Waals surface area contributed by atoms with Gasteiger partial charge in [0.05, 0.1) is 22.0 Å². The number of amides is 7. The Labute approximate surface area is 470 Å². The molecule has 0 radical (unpaired) electrons. The van der Waals surface area contributed by atoms with E-state index in [9.17, 15) is 66.2 Å². The van der Waals surface area contributed by atoms with Gasteiger partial charge in [0, 0.05) is 74.7 Å². The number of imide groups is 1. The molecule has 6 atom stereocenters. The van der Waals surface area contributed by atoms with E-state index < -0.39 is 88.9 Å². The molecule has 4 fully saturated rings. The Morgan fingerprint density at radius 2 is 1.56 bits per heavy atom. The van der Waals surface area contributed by atoms with E-state index in [1.807, 2.05) is 18.2 Å². The van der Waals surface area contributed by atoms with E-state index >= 15 is 4.79 Å². The molecule has 5 heterocycles. The number of aliphatic hydroxyl groups is 1. The van der Waals surface area contributed by atoms with Crippen molar-refractivity contribution in [3.63, 3.8) is 0 Å². The number of hydrogen-bond acceptors (Lipinski definition) is 14. The summed E-state index contributed by atoms with van der Waals surface area (Å²) in [5.41, 5.74) is 6.58. The number of H-pyrrole nitrogens is 1. The van der Waals surface area contributed by atoms with Crippen molar-refractivity contribution >= 4 is 86.2 Å². The van der Waals surface area contributed by atoms with Gasteiger partial charge in [-0.05, 0) is 136 Å². The number of nitrogens with zero attached hydrogens (tertiary/aromatic N) is 4. The lowest BCUT2D eigenvalue weighted by molar-refractivity contribution is -0.146. The van der Waals surface area contributed by atoms with Crippen molar-refractivity contribution in [2.24, 2.45) is 24.6 Å². The van der Waals surface area contributed by atoms with Crippen molar-refractivity contribution < 1.29 is 66.2 Å². The summed E-state index contributed by atoms with van der Waals surface area (Å²) in [7, 11) is -6.94. The van der Waals surface area contributed by atoms with Gasteiger partial charge in [-0.3, -0.25) is 62.7 Å². The third-order valence-electron chi connectivity index (χ3n) is 16.4. The third kappa shape index (κ3) is 13.3. The van der Waals surface area contributed by atoms with Crippen molar-refractivity contribution in [3.8, 4) is 0 Å². The number of piperidine rings is 1. The van der Waals surface area contributed by atoms with Crippen LogP contribution in [0.3, 0.4) is 0 Å². The van der Waals surface area contributed by atoms with Gasteiger partial charge in [-0.2, -0.15) is 0 Å². The van der Waals surface area contributed by atoms with Crippen LogP contribution in [0.5, 0.6) is 0 Å². The van der Waals surface area contributed by atoms with Crippen LogP contribution in [-0.2, 0) is 63.2 Å². The molecule has 1 saturated carbocycles. The Morgan fingerprint density at radius 3 is 2.24 bits per heavy atom. The van der Waals surface area contributed by atoms with Gasteiger partial charge in [-0.1, -0.05) is 18.2 Å². The molecule has 3 saturated heterocycles. The lowest BCUT2D eigenvalue weighted by Gasteiger charge is -2.39. The molecular formula is C55H67N10O15PS. The molecule has 27 heteroatoms. The molecule has 2 aromatic heterocycles. The number of aryl methyl sites for hydroxylation is 1. The summed E-state index contributed by atoms with van der Waals surface area (Å²) in [6, 6.07) is 11.9. The molecule has 25 nitrogen and oxygen atoms in total. The fourth-order valence-electron chi connectivity index (χ4n) is 12.0. The summed E-state index contributed by atoms with van der Waals surface area (Å²) in [6.07, 6.45) is 4.54. The third-order valence-corrected chi connectivity index (χ3v) is 18.4. The molecule has 10 N–H and O–H groups in total. The van der Waals surface area contributed by atoms with Gasteiger partial charge >= 0.3 is 13.3 Å². The van der Waals surface area contributed by atoms with Crippen LogP contribution in [0.2, 0.25) is 0 Å². The van der Waals surface area contributed by atoms with Crippen LogP contribution < -0.4 is 32.7 Å². The minimum atomic E-state index is -5.13. The molecule has 9 rings (SSSR count). The van der Waals surface area contributed by atoms with E-state index in [1.165, 1.54) is 50.4 Å². The predicted octanol–water partition coefficient (Wildman–Crippen LogP) is 1.51. The number of hydrogen-bond donors (Lipinski definition) is 9. The highest BCUT2D eigenvalue weighted by atomic mass is 32.2. The van der Waals surface area contributed by atoms with E-state index in [0.29, 0.717) is 35.0 Å². The average molecular weight is 1170 g/mol. The largest absolute Gasteiger partial charge is 0.396 e. The molecule has 4 aliphatic rings. The quantitative estimate of drug-likeness (QED) is 0.0321. The maximum atomic E-state index is 15.0. The van der Waals surface area contributed by atoms with E-state index in [0.717, 1.165) is 43.9 Å². The van der Waals surface area contributed by atoms with E-state index in [2.05, 4.69) is 26.3 Å². The van der Waals surface area contributed by atoms with Gasteiger partial charge in [0.15, 0.2) is 9.84 Å². The second-order valence-corrected chi connectivity index (χ2v) is 25.6. The number of nitrogens with two attached hydrogens (primary N) is 1. The van der Waals surface area contributed by atoms with Gasteiger partial charge in [-0.25, -0.2) is 13.2 Å². The summed E-state index contributed by atoms with van der Waals surface area (Å²) in [4.78, 5) is 145. The number of sulfone groups is 1. The van der Waals surface area contributed by atoms with Gasteiger partial charge < -0.3 is 46.0 Å². The Balaban J connectivity index is 0.888. The molecule has 7 amide bonds. The highest BCUT2D eigenvalue weighted by Gasteiger charge is 2.46. The minimum Gasteiger partial charge on any atom is -0.376 e. The zero-order valence-corrected chi connectivity index (χ0v) is 47.0. The molecule has 3 aliphatic heterocycles. The van der Waals surface area contributed by atoms with Gasteiger partial charge in [0.25, 0.3) is 11.4 Å². The lowest BCUT2D eigenvalue weighted by Crippen LogP contribution is -2.62. The average Bonchev–Trinajstić information content (AvgIpc) is 3.28. The van der Waals surface area contributed by atoms with Gasteiger partial charge in [-0.15, -0.1) is 0 Å². The SMILES string of the molecule is Cn1c(=O)n(C2CCC(=O)NC2=O)c2ccc(CC3CCC(CC(=O)N4CC[C@H]5CC[C@@H](C(=O)N[C@@H](CCC(N)=O)C(O)NCc6ccc(S(C)(=O)=O)cc6)N5C(=O)[C@@H](NC(=O)c5cc6cc(C(=O)P(=O)(O)O)ccc6[nH]5)C4)CC3)cc21. The summed E-state index contributed by atoms with van der Waals surface area (Å²) >= 11 is 0. The highest BCUT2D eigenvalue weighted by molar-refractivity contribution is 7.90. The number of aromatic nitrogens is 3. The van der Waals surface area contributed by atoms with Gasteiger partial charge in [0.1, 0.15) is 30.0 Å². The molecule has 82 heavy (non-hydrogen) atoms. The van der Waals surface area contributed by atoms with Crippen molar-refractivity contribution in [2.45, 2.75) is 131 Å². The Morgan fingerprint density at radius 1 is 0.854 bits per heavy atom.